The summed E-state index contributed by atoms with van der Waals surface area (Å²) in [5.74, 6) is -0.412. The zero-order chi connectivity index (χ0) is 20.9. The van der Waals surface area contributed by atoms with Crippen LogP contribution in [0.25, 0.3) is 0 Å². The van der Waals surface area contributed by atoms with Gasteiger partial charge in [0.25, 0.3) is 11.8 Å². The van der Waals surface area contributed by atoms with Crippen LogP contribution in [0.15, 0.2) is 53.6 Å². The van der Waals surface area contributed by atoms with Crippen molar-refractivity contribution in [1.29, 1.82) is 0 Å². The van der Waals surface area contributed by atoms with Crippen LogP contribution < -0.4 is 10.7 Å². The van der Waals surface area contributed by atoms with Gasteiger partial charge in [-0.3, -0.25) is 9.59 Å². The Morgan fingerprint density at radius 2 is 1.34 bits per heavy atom. The predicted molar refractivity (Wildman–Crippen MR) is 118 cm³/mol. The van der Waals surface area contributed by atoms with E-state index in [0.717, 1.165) is 31.4 Å². The smallest absolute Gasteiger partial charge is 0.271 e. The lowest BCUT2D eigenvalue weighted by molar-refractivity contribution is 0.0954. The lowest BCUT2D eigenvalue weighted by atomic mass is 9.87. The van der Waals surface area contributed by atoms with E-state index in [9.17, 15) is 9.59 Å². The minimum atomic E-state index is -0.237. The molecule has 0 unspecified atom stereocenters. The minimum Gasteiger partial charge on any atom is -0.322 e. The molecule has 0 bridgehead atoms. The van der Waals surface area contributed by atoms with Crippen LogP contribution in [0.4, 0.5) is 5.69 Å². The number of benzene rings is 2. The van der Waals surface area contributed by atoms with E-state index in [1.54, 1.807) is 24.3 Å². The quantitative estimate of drug-likeness (QED) is 0.696. The molecule has 152 valence electrons. The standard InChI is InChI=1S/C24H29N3O2/c1-24(2,3)19-13-9-17(10-14-19)22(28)25-20-15-11-18(12-16-20)23(29)27-26-21-7-5-4-6-8-21/h9-16H,4-8H2,1-3H3,(H,25,28)(H,27,29). The number of nitrogens with zero attached hydrogens (tertiary/aromatic N) is 1. The van der Waals surface area contributed by atoms with E-state index in [1.165, 1.54) is 12.0 Å². The first-order valence-electron chi connectivity index (χ1n) is 10.2. The number of hydrogen-bond acceptors (Lipinski definition) is 3. The molecule has 0 atom stereocenters. The van der Waals surface area contributed by atoms with E-state index in [0.29, 0.717) is 16.8 Å². The summed E-state index contributed by atoms with van der Waals surface area (Å²) < 4.78 is 0. The van der Waals surface area contributed by atoms with Crippen LogP contribution in [-0.4, -0.2) is 17.5 Å². The molecule has 0 radical (unpaired) electrons. The molecule has 0 spiro atoms. The highest BCUT2D eigenvalue weighted by Crippen LogP contribution is 2.22. The molecule has 1 aliphatic rings. The Hall–Kier alpha value is -2.95. The first-order valence-corrected chi connectivity index (χ1v) is 10.2. The second-order valence-corrected chi connectivity index (χ2v) is 8.54. The molecular formula is C24H29N3O2. The van der Waals surface area contributed by atoms with Crippen molar-refractivity contribution in [3.63, 3.8) is 0 Å². The zero-order valence-corrected chi connectivity index (χ0v) is 17.4. The van der Waals surface area contributed by atoms with Gasteiger partial charge < -0.3 is 5.32 Å². The number of carbonyl (C=O) groups excluding carboxylic acids is 2. The summed E-state index contributed by atoms with van der Waals surface area (Å²) in [5, 5.41) is 7.11. The highest BCUT2D eigenvalue weighted by molar-refractivity contribution is 6.04. The number of amides is 2. The van der Waals surface area contributed by atoms with Crippen LogP contribution in [0.3, 0.4) is 0 Å². The van der Waals surface area contributed by atoms with Gasteiger partial charge in [-0.1, -0.05) is 39.3 Å². The van der Waals surface area contributed by atoms with Crippen molar-refractivity contribution in [3.8, 4) is 0 Å². The molecule has 2 aromatic rings. The van der Waals surface area contributed by atoms with Gasteiger partial charge in [-0.15, -0.1) is 0 Å². The third kappa shape index (κ3) is 5.76. The van der Waals surface area contributed by atoms with E-state index in [1.807, 2.05) is 24.3 Å². The molecule has 1 saturated carbocycles. The molecule has 5 heteroatoms. The highest BCUT2D eigenvalue weighted by Gasteiger charge is 2.14. The first-order chi connectivity index (χ1) is 13.8. The fourth-order valence-electron chi connectivity index (χ4n) is 3.30. The van der Waals surface area contributed by atoms with Crippen molar-refractivity contribution in [2.45, 2.75) is 58.3 Å². The summed E-state index contributed by atoms with van der Waals surface area (Å²) in [4.78, 5) is 24.7. The third-order valence-corrected chi connectivity index (χ3v) is 5.16. The fourth-order valence-corrected chi connectivity index (χ4v) is 3.30. The molecule has 2 N–H and O–H groups in total. The summed E-state index contributed by atoms with van der Waals surface area (Å²) in [7, 11) is 0. The number of hydrazone groups is 1. The summed E-state index contributed by atoms with van der Waals surface area (Å²) >= 11 is 0. The molecule has 0 heterocycles. The fraction of sp³-hybridized carbons (Fsp3) is 0.375. The molecular weight excluding hydrogens is 362 g/mol. The second-order valence-electron chi connectivity index (χ2n) is 8.54. The van der Waals surface area contributed by atoms with E-state index in [4.69, 9.17) is 0 Å². The maximum Gasteiger partial charge on any atom is 0.271 e. The molecule has 3 rings (SSSR count). The third-order valence-electron chi connectivity index (χ3n) is 5.16. The Balaban J connectivity index is 1.58. The normalized spacial score (nSPS) is 14.2. The van der Waals surface area contributed by atoms with Crippen LogP contribution in [0.1, 0.15) is 79.2 Å². The second kappa shape index (κ2) is 9.03. The molecule has 1 fully saturated rings. The molecule has 5 nitrogen and oxygen atoms in total. The lowest BCUT2D eigenvalue weighted by Crippen LogP contribution is -2.20. The molecule has 29 heavy (non-hydrogen) atoms. The zero-order valence-electron chi connectivity index (χ0n) is 17.4. The van der Waals surface area contributed by atoms with Crippen molar-refractivity contribution >= 4 is 23.2 Å². The molecule has 2 aromatic carbocycles. The van der Waals surface area contributed by atoms with Crippen LogP contribution in [0.2, 0.25) is 0 Å². The summed E-state index contributed by atoms with van der Waals surface area (Å²) in [6.07, 6.45) is 5.44. The van der Waals surface area contributed by atoms with Crippen molar-refractivity contribution < 1.29 is 9.59 Å². The number of nitrogens with one attached hydrogen (secondary N) is 2. The minimum absolute atomic E-state index is 0.0488. The maximum atomic E-state index is 12.5. The van der Waals surface area contributed by atoms with Crippen molar-refractivity contribution in [1.82, 2.24) is 5.43 Å². The maximum absolute atomic E-state index is 12.5. The molecule has 0 aromatic heterocycles. The van der Waals surface area contributed by atoms with Gasteiger partial charge in [0.05, 0.1) is 0 Å². The van der Waals surface area contributed by atoms with E-state index >= 15 is 0 Å². The van der Waals surface area contributed by atoms with Crippen LogP contribution in [0, 0.1) is 0 Å². The topological polar surface area (TPSA) is 70.6 Å². The number of hydrogen-bond donors (Lipinski definition) is 2. The Kier molecular flexibility index (Phi) is 6.47. The number of anilines is 1. The van der Waals surface area contributed by atoms with Gasteiger partial charge >= 0.3 is 0 Å². The molecule has 0 saturated heterocycles. The summed E-state index contributed by atoms with van der Waals surface area (Å²) in [6.45, 7) is 6.42. The van der Waals surface area contributed by atoms with E-state index in [2.05, 4.69) is 36.6 Å². The van der Waals surface area contributed by atoms with E-state index < -0.39 is 0 Å². The van der Waals surface area contributed by atoms with Crippen LogP contribution in [-0.2, 0) is 5.41 Å². The Labute approximate surface area is 172 Å². The van der Waals surface area contributed by atoms with Crippen molar-refractivity contribution in [2.75, 3.05) is 5.32 Å². The molecule has 2 amide bonds. The van der Waals surface area contributed by atoms with Gasteiger partial charge in [-0.2, -0.15) is 5.10 Å². The largest absolute Gasteiger partial charge is 0.322 e. The van der Waals surface area contributed by atoms with Gasteiger partial charge in [0.1, 0.15) is 0 Å². The average molecular weight is 392 g/mol. The lowest BCUT2D eigenvalue weighted by Gasteiger charge is -2.19. The number of carbonyl (C=O) groups is 2. The average Bonchev–Trinajstić information content (AvgIpc) is 2.73. The predicted octanol–water partition coefficient (Wildman–Crippen LogP) is 5.29. The summed E-state index contributed by atoms with van der Waals surface area (Å²) in [6, 6.07) is 14.5. The van der Waals surface area contributed by atoms with Crippen molar-refractivity contribution in [3.05, 3.63) is 65.2 Å². The highest BCUT2D eigenvalue weighted by atomic mass is 16.2. The first kappa shape index (κ1) is 20.8. The van der Waals surface area contributed by atoms with Crippen LogP contribution in [0.5, 0.6) is 0 Å². The van der Waals surface area contributed by atoms with Gasteiger partial charge in [-0.05, 0) is 73.1 Å². The Morgan fingerprint density at radius 3 is 1.93 bits per heavy atom. The van der Waals surface area contributed by atoms with Crippen molar-refractivity contribution in [2.24, 2.45) is 5.10 Å². The van der Waals surface area contributed by atoms with Gasteiger partial charge in [0.2, 0.25) is 0 Å². The van der Waals surface area contributed by atoms with E-state index in [-0.39, 0.29) is 17.2 Å². The van der Waals surface area contributed by atoms with Gasteiger partial charge in [0, 0.05) is 22.5 Å². The number of rotatable bonds is 4. The summed E-state index contributed by atoms with van der Waals surface area (Å²) in [5.41, 5.74) is 6.68. The monoisotopic (exact) mass is 391 g/mol. The van der Waals surface area contributed by atoms with Gasteiger partial charge in [0.15, 0.2) is 0 Å². The Bertz CT molecular complexity index is 883. The SMILES string of the molecule is CC(C)(C)c1ccc(C(=O)Nc2ccc(C(=O)NN=C3CCCCC3)cc2)cc1. The molecule has 0 aliphatic heterocycles. The van der Waals surface area contributed by atoms with Gasteiger partial charge in [-0.25, -0.2) is 5.43 Å². The molecule has 1 aliphatic carbocycles. The Morgan fingerprint density at radius 1 is 0.793 bits per heavy atom. The van der Waals surface area contributed by atoms with Crippen LogP contribution >= 0.6 is 0 Å².